The van der Waals surface area contributed by atoms with Gasteiger partial charge in [-0.3, -0.25) is 4.79 Å². The molecular weight excluding hydrogens is 446 g/mol. The minimum Gasteiger partial charge on any atom is -0.508 e. The van der Waals surface area contributed by atoms with E-state index < -0.39 is 15.8 Å². The zero-order chi connectivity index (χ0) is 23.5. The van der Waals surface area contributed by atoms with E-state index in [1.165, 1.54) is 18.2 Å². The summed E-state index contributed by atoms with van der Waals surface area (Å²) < 4.78 is 30.6. The standard InChI is InChI=1S/C23H17N3O6S/c1-26-11-13(8-19-22(29)21-17(28)9-14(27)10-18(21)32-19)20-16(6-7-25-23(20)26)12-2-4-15(5-3-12)33(24,30)31/h2-11,27-28H,1H3,(H2,24,30,31)/b19-8-. The Bertz CT molecular complexity index is 1600. The van der Waals surface area contributed by atoms with Gasteiger partial charge in [-0.1, -0.05) is 12.1 Å². The molecule has 10 heteroatoms. The number of fused-ring (bicyclic) bond motifs is 2. The van der Waals surface area contributed by atoms with Crippen LogP contribution in [0.2, 0.25) is 0 Å². The zero-order valence-corrected chi connectivity index (χ0v) is 18.0. The van der Waals surface area contributed by atoms with Gasteiger partial charge in [-0.15, -0.1) is 0 Å². The topological polar surface area (TPSA) is 145 Å². The van der Waals surface area contributed by atoms with Gasteiger partial charge in [-0.05, 0) is 35.4 Å². The number of nitrogens with zero attached hydrogens (tertiary/aromatic N) is 2. The molecule has 0 unspecified atom stereocenters. The Balaban J connectivity index is 1.65. The molecule has 0 atom stereocenters. The molecule has 3 heterocycles. The summed E-state index contributed by atoms with van der Waals surface area (Å²) in [5.41, 5.74) is 2.74. The summed E-state index contributed by atoms with van der Waals surface area (Å²) in [5.74, 6) is -1.05. The number of Topliss-reactive ketones (excluding diaryl/α,β-unsaturated/α-hetero) is 1. The first kappa shape index (κ1) is 20.7. The Morgan fingerprint density at radius 2 is 1.85 bits per heavy atom. The lowest BCUT2D eigenvalue weighted by molar-refractivity contribution is 0.101. The van der Waals surface area contributed by atoms with Gasteiger partial charge in [0.25, 0.3) is 0 Å². The van der Waals surface area contributed by atoms with Crippen LogP contribution < -0.4 is 9.88 Å². The third-order valence-electron chi connectivity index (χ3n) is 5.40. The molecule has 1 aliphatic heterocycles. The number of pyridine rings is 1. The van der Waals surface area contributed by atoms with Gasteiger partial charge in [-0.2, -0.15) is 0 Å². The molecule has 4 N–H and O–H groups in total. The highest BCUT2D eigenvalue weighted by Crippen LogP contribution is 2.41. The first-order chi connectivity index (χ1) is 15.6. The molecule has 0 aliphatic carbocycles. The van der Waals surface area contributed by atoms with Crippen molar-refractivity contribution < 1.29 is 28.2 Å². The second-order valence-corrected chi connectivity index (χ2v) is 9.16. The summed E-state index contributed by atoms with van der Waals surface area (Å²) in [6.45, 7) is 0. The summed E-state index contributed by atoms with van der Waals surface area (Å²) in [4.78, 5) is 17.3. The van der Waals surface area contributed by atoms with Crippen LogP contribution in [0.15, 0.2) is 65.5 Å². The number of ether oxygens (including phenoxy) is 1. The summed E-state index contributed by atoms with van der Waals surface area (Å²) >= 11 is 0. The van der Waals surface area contributed by atoms with Gasteiger partial charge in [0.15, 0.2) is 5.76 Å². The number of phenols is 2. The maximum atomic E-state index is 12.8. The summed E-state index contributed by atoms with van der Waals surface area (Å²) in [6.07, 6.45) is 4.96. The Morgan fingerprint density at radius 1 is 1.12 bits per heavy atom. The van der Waals surface area contributed by atoms with Crippen LogP contribution in [0.5, 0.6) is 17.2 Å². The number of allylic oxidation sites excluding steroid dienone is 1. The molecule has 0 amide bonds. The van der Waals surface area contributed by atoms with Crippen LogP contribution in [0.4, 0.5) is 0 Å². The lowest BCUT2D eigenvalue weighted by Gasteiger charge is -2.07. The van der Waals surface area contributed by atoms with Gasteiger partial charge in [0.2, 0.25) is 15.8 Å². The van der Waals surface area contributed by atoms with E-state index in [-0.39, 0.29) is 33.5 Å². The van der Waals surface area contributed by atoms with Crippen molar-refractivity contribution in [2.24, 2.45) is 12.2 Å². The fourth-order valence-electron chi connectivity index (χ4n) is 3.93. The van der Waals surface area contributed by atoms with E-state index in [1.807, 2.05) is 0 Å². The van der Waals surface area contributed by atoms with E-state index in [9.17, 15) is 23.4 Å². The van der Waals surface area contributed by atoms with Gasteiger partial charge < -0.3 is 19.5 Å². The first-order valence-corrected chi connectivity index (χ1v) is 11.3. The highest BCUT2D eigenvalue weighted by Gasteiger charge is 2.31. The fraction of sp³-hybridized carbons (Fsp3) is 0.0435. The number of benzene rings is 2. The van der Waals surface area contributed by atoms with E-state index in [4.69, 9.17) is 9.88 Å². The lowest BCUT2D eigenvalue weighted by Crippen LogP contribution is -2.11. The molecule has 0 bridgehead atoms. The average Bonchev–Trinajstić information content (AvgIpc) is 3.24. The van der Waals surface area contributed by atoms with Crippen molar-refractivity contribution in [3.63, 3.8) is 0 Å². The highest BCUT2D eigenvalue weighted by molar-refractivity contribution is 7.89. The lowest BCUT2D eigenvalue weighted by atomic mass is 10.0. The number of rotatable bonds is 3. The number of phenolic OH excluding ortho intramolecular Hbond substituents is 2. The molecule has 9 nitrogen and oxygen atoms in total. The predicted molar refractivity (Wildman–Crippen MR) is 120 cm³/mol. The van der Waals surface area contributed by atoms with Crippen molar-refractivity contribution >= 4 is 32.9 Å². The van der Waals surface area contributed by atoms with Gasteiger partial charge in [0.1, 0.15) is 28.5 Å². The predicted octanol–water partition coefficient (Wildman–Crippen LogP) is 2.92. The molecule has 2 aromatic heterocycles. The Hall–Kier alpha value is -4.15. The fourth-order valence-corrected chi connectivity index (χ4v) is 4.45. The Labute approximate surface area is 188 Å². The number of aromatic nitrogens is 2. The zero-order valence-electron chi connectivity index (χ0n) is 17.2. The van der Waals surface area contributed by atoms with Crippen molar-refractivity contribution in [1.29, 1.82) is 0 Å². The normalized spacial score (nSPS) is 14.6. The molecule has 2 aromatic carbocycles. The molecule has 1 aliphatic rings. The van der Waals surface area contributed by atoms with Crippen molar-refractivity contribution in [3.05, 3.63) is 71.7 Å². The number of hydrogen-bond donors (Lipinski definition) is 3. The molecule has 4 aromatic rings. The number of primary sulfonamides is 1. The van der Waals surface area contributed by atoms with Crippen molar-refractivity contribution in [3.8, 4) is 28.4 Å². The number of aromatic hydroxyl groups is 2. The second-order valence-electron chi connectivity index (χ2n) is 7.60. The van der Waals surface area contributed by atoms with Crippen LogP contribution in [0, 0.1) is 0 Å². The third kappa shape index (κ3) is 3.41. The SMILES string of the molecule is Cn1cc(/C=C2\Oc3cc(O)cc(O)c3C2=O)c2c(-c3ccc(S(N)(=O)=O)cc3)ccnc21. The maximum absolute atomic E-state index is 12.8. The number of carbonyl (C=O) groups excluding carboxylic acids is 1. The smallest absolute Gasteiger partial charge is 0.238 e. The average molecular weight is 463 g/mol. The van der Waals surface area contributed by atoms with E-state index in [1.54, 1.807) is 48.3 Å². The number of hydrogen-bond acceptors (Lipinski definition) is 7. The van der Waals surface area contributed by atoms with Crippen LogP contribution in [-0.2, 0) is 17.1 Å². The second kappa shape index (κ2) is 7.19. The number of aryl methyl sites for hydroxylation is 1. The van der Waals surface area contributed by atoms with E-state index in [0.717, 1.165) is 22.6 Å². The van der Waals surface area contributed by atoms with Crippen molar-refractivity contribution in [1.82, 2.24) is 9.55 Å². The van der Waals surface area contributed by atoms with Crippen LogP contribution in [0.3, 0.4) is 0 Å². The van der Waals surface area contributed by atoms with Crippen LogP contribution >= 0.6 is 0 Å². The third-order valence-corrected chi connectivity index (χ3v) is 6.33. The van der Waals surface area contributed by atoms with E-state index in [2.05, 4.69) is 4.98 Å². The highest BCUT2D eigenvalue weighted by atomic mass is 32.2. The van der Waals surface area contributed by atoms with Crippen LogP contribution in [0.25, 0.3) is 28.2 Å². The molecule has 33 heavy (non-hydrogen) atoms. The number of sulfonamides is 1. The molecule has 0 saturated heterocycles. The largest absolute Gasteiger partial charge is 0.508 e. The number of nitrogens with two attached hydrogens (primary N) is 1. The van der Waals surface area contributed by atoms with Gasteiger partial charge >= 0.3 is 0 Å². The van der Waals surface area contributed by atoms with E-state index >= 15 is 0 Å². The van der Waals surface area contributed by atoms with Gasteiger partial charge in [-0.25, -0.2) is 18.5 Å². The number of ketones is 1. The molecule has 166 valence electrons. The summed E-state index contributed by atoms with van der Waals surface area (Å²) in [5, 5.41) is 25.7. The van der Waals surface area contributed by atoms with Crippen LogP contribution in [-0.4, -0.2) is 34.0 Å². The van der Waals surface area contributed by atoms with Crippen molar-refractivity contribution in [2.45, 2.75) is 4.90 Å². The summed E-state index contributed by atoms with van der Waals surface area (Å²) in [7, 11) is -2.01. The van der Waals surface area contributed by atoms with Crippen molar-refractivity contribution in [2.75, 3.05) is 0 Å². The molecular formula is C23H17N3O6S. The molecule has 0 fully saturated rings. The minimum absolute atomic E-state index is 0.00210. The number of carbonyl (C=O) groups is 1. The van der Waals surface area contributed by atoms with E-state index in [0.29, 0.717) is 11.2 Å². The summed E-state index contributed by atoms with van der Waals surface area (Å²) in [6, 6.07) is 10.3. The quantitative estimate of drug-likeness (QED) is 0.396. The van der Waals surface area contributed by atoms with Crippen LogP contribution in [0.1, 0.15) is 15.9 Å². The molecule has 0 radical (unpaired) electrons. The van der Waals surface area contributed by atoms with Gasteiger partial charge in [0, 0.05) is 42.5 Å². The molecule has 0 spiro atoms. The molecule has 0 saturated carbocycles. The molecule has 5 rings (SSSR count). The monoisotopic (exact) mass is 463 g/mol. The first-order valence-electron chi connectivity index (χ1n) is 9.71. The maximum Gasteiger partial charge on any atom is 0.238 e. The Morgan fingerprint density at radius 3 is 2.55 bits per heavy atom. The van der Waals surface area contributed by atoms with Gasteiger partial charge in [0.05, 0.1) is 4.90 Å². The minimum atomic E-state index is -3.82. The Kier molecular flexibility index (Phi) is 4.52.